The van der Waals surface area contributed by atoms with Crippen molar-refractivity contribution < 1.29 is 4.39 Å². The van der Waals surface area contributed by atoms with Gasteiger partial charge in [-0.1, -0.05) is 43.0 Å². The van der Waals surface area contributed by atoms with Gasteiger partial charge in [-0.25, -0.2) is 4.39 Å². The number of halogens is 5. The van der Waals surface area contributed by atoms with Crippen LogP contribution >= 0.6 is 48.0 Å². The van der Waals surface area contributed by atoms with Crippen LogP contribution in [0.4, 0.5) is 4.39 Å². The Morgan fingerprint density at radius 1 is 1.23 bits per heavy atom. The fourth-order valence-corrected chi connectivity index (χ4v) is 3.19. The Morgan fingerprint density at radius 3 is 2.45 bits per heavy atom. The molecule has 1 fully saturated rings. The van der Waals surface area contributed by atoms with Crippen LogP contribution in [0.1, 0.15) is 37.8 Å². The van der Waals surface area contributed by atoms with Crippen LogP contribution in [0.25, 0.3) is 0 Å². The van der Waals surface area contributed by atoms with Crippen LogP contribution in [0.5, 0.6) is 0 Å². The second kappa shape index (κ2) is 10.9. The van der Waals surface area contributed by atoms with Gasteiger partial charge in [-0.15, -0.1) is 24.8 Å². The number of hydrogen-bond acceptors (Lipinski definition) is 2. The summed E-state index contributed by atoms with van der Waals surface area (Å²) in [7, 11) is 0. The first-order valence-electron chi connectivity index (χ1n) is 7.23. The van der Waals surface area contributed by atoms with Crippen molar-refractivity contribution in [3.8, 4) is 0 Å². The molecule has 1 saturated heterocycles. The van der Waals surface area contributed by atoms with Crippen LogP contribution in [-0.4, -0.2) is 31.1 Å². The van der Waals surface area contributed by atoms with E-state index in [1.165, 1.54) is 12.1 Å². The van der Waals surface area contributed by atoms with Crippen molar-refractivity contribution in [2.24, 2.45) is 0 Å². The summed E-state index contributed by atoms with van der Waals surface area (Å²) in [6.07, 6.45) is 3.05. The maximum absolute atomic E-state index is 14.3. The molecule has 0 radical (unpaired) electrons. The topological polar surface area (TPSA) is 15.3 Å². The highest BCUT2D eigenvalue weighted by Crippen LogP contribution is 2.37. The minimum atomic E-state index is -0.251. The summed E-state index contributed by atoms with van der Waals surface area (Å²) >= 11 is 12.4. The Kier molecular flexibility index (Phi) is 11.0. The van der Waals surface area contributed by atoms with Gasteiger partial charge in [-0.3, -0.25) is 4.90 Å². The van der Waals surface area contributed by atoms with E-state index in [4.69, 9.17) is 23.2 Å². The van der Waals surface area contributed by atoms with Crippen molar-refractivity contribution in [1.82, 2.24) is 10.2 Å². The summed E-state index contributed by atoms with van der Waals surface area (Å²) in [6, 6.07) is 2.96. The maximum atomic E-state index is 14.3. The van der Waals surface area contributed by atoms with Crippen LogP contribution in [0, 0.1) is 5.82 Å². The smallest absolute Gasteiger partial charge is 0.129 e. The molecule has 128 valence electrons. The predicted molar refractivity (Wildman–Crippen MR) is 97.6 cm³/mol. The third-order valence-electron chi connectivity index (χ3n) is 3.84. The number of nitrogens with one attached hydrogen (secondary N) is 1. The molecule has 7 heteroatoms. The summed E-state index contributed by atoms with van der Waals surface area (Å²) in [5, 5.41) is 4.12. The Morgan fingerprint density at radius 2 is 1.86 bits per heavy atom. The number of hydrogen-bond donors (Lipinski definition) is 1. The van der Waals surface area contributed by atoms with Crippen molar-refractivity contribution in [2.45, 2.75) is 32.2 Å². The molecule has 0 saturated carbocycles. The summed E-state index contributed by atoms with van der Waals surface area (Å²) in [6.45, 7) is 5.84. The first-order valence-corrected chi connectivity index (χ1v) is 7.99. The Balaban J connectivity index is 0.00000220. The molecule has 2 nitrogen and oxygen atoms in total. The van der Waals surface area contributed by atoms with Crippen LogP contribution in [0.3, 0.4) is 0 Å². The highest BCUT2D eigenvalue weighted by molar-refractivity contribution is 6.42. The highest BCUT2D eigenvalue weighted by Gasteiger charge is 2.27. The summed E-state index contributed by atoms with van der Waals surface area (Å²) < 4.78 is 14.3. The third-order valence-corrected chi connectivity index (χ3v) is 4.66. The van der Waals surface area contributed by atoms with Gasteiger partial charge < -0.3 is 5.32 Å². The molecule has 2 rings (SSSR count). The van der Waals surface area contributed by atoms with E-state index in [0.717, 1.165) is 45.4 Å². The molecule has 0 amide bonds. The molecular weight excluding hydrogens is 369 g/mol. The third kappa shape index (κ3) is 5.40. The normalized spacial score (nSPS) is 16.5. The molecular formula is C15H23Cl4FN2. The van der Waals surface area contributed by atoms with Gasteiger partial charge in [0.2, 0.25) is 0 Å². The highest BCUT2D eigenvalue weighted by atomic mass is 35.5. The lowest BCUT2D eigenvalue weighted by Gasteiger charge is -2.36. The number of benzene rings is 1. The molecule has 1 aromatic rings. The molecule has 22 heavy (non-hydrogen) atoms. The lowest BCUT2D eigenvalue weighted by molar-refractivity contribution is 0.160. The first-order chi connectivity index (χ1) is 9.65. The van der Waals surface area contributed by atoms with E-state index in [1.807, 2.05) is 0 Å². The molecule has 1 aliphatic rings. The first kappa shape index (κ1) is 22.2. The zero-order valence-electron chi connectivity index (χ0n) is 12.6. The van der Waals surface area contributed by atoms with E-state index in [2.05, 4.69) is 17.1 Å². The molecule has 1 aromatic carbocycles. The van der Waals surface area contributed by atoms with Crippen molar-refractivity contribution in [3.05, 3.63) is 33.6 Å². The summed E-state index contributed by atoms with van der Waals surface area (Å²) in [5.74, 6) is -0.251. The molecule has 0 spiro atoms. The van der Waals surface area contributed by atoms with Crippen molar-refractivity contribution in [1.29, 1.82) is 0 Å². The zero-order chi connectivity index (χ0) is 14.5. The molecule has 0 bridgehead atoms. The number of unbranched alkanes of at least 4 members (excludes halogenated alkanes) is 1. The number of nitrogens with zero attached hydrogens (tertiary/aromatic N) is 1. The summed E-state index contributed by atoms with van der Waals surface area (Å²) in [4.78, 5) is 2.31. The predicted octanol–water partition coefficient (Wildman–Crippen LogP) is 5.11. The van der Waals surface area contributed by atoms with Gasteiger partial charge in [0, 0.05) is 37.8 Å². The lowest BCUT2D eigenvalue weighted by Crippen LogP contribution is -2.45. The van der Waals surface area contributed by atoms with E-state index in [9.17, 15) is 4.39 Å². The number of rotatable bonds is 5. The number of piperazine rings is 1. The van der Waals surface area contributed by atoms with Gasteiger partial charge >= 0.3 is 0 Å². The Bertz CT molecular complexity index is 453. The van der Waals surface area contributed by atoms with Gasteiger partial charge in [0.05, 0.1) is 10.0 Å². The van der Waals surface area contributed by atoms with Crippen LogP contribution in [0.15, 0.2) is 12.1 Å². The largest absolute Gasteiger partial charge is 0.314 e. The zero-order valence-corrected chi connectivity index (χ0v) is 15.7. The average molecular weight is 392 g/mol. The average Bonchev–Trinajstić information content (AvgIpc) is 2.47. The molecule has 1 heterocycles. The lowest BCUT2D eigenvalue weighted by atomic mass is 9.98. The van der Waals surface area contributed by atoms with E-state index in [-0.39, 0.29) is 36.7 Å². The second-order valence-corrected chi connectivity index (χ2v) is 5.99. The SMILES string of the molecule is CCCC[C@@H](c1c(F)ccc(Cl)c1Cl)N1CCNCC1.Cl.Cl. The van der Waals surface area contributed by atoms with Crippen LogP contribution in [0.2, 0.25) is 10.0 Å². The second-order valence-electron chi connectivity index (χ2n) is 5.20. The minimum Gasteiger partial charge on any atom is -0.314 e. The molecule has 1 N–H and O–H groups in total. The Labute approximate surface area is 154 Å². The van der Waals surface area contributed by atoms with E-state index >= 15 is 0 Å². The summed E-state index contributed by atoms with van der Waals surface area (Å²) in [5.41, 5.74) is 0.564. The van der Waals surface area contributed by atoms with Crippen molar-refractivity contribution >= 4 is 48.0 Å². The molecule has 0 aromatic heterocycles. The van der Waals surface area contributed by atoms with Gasteiger partial charge in [0.15, 0.2) is 0 Å². The fourth-order valence-electron chi connectivity index (χ4n) is 2.75. The van der Waals surface area contributed by atoms with E-state index < -0.39 is 0 Å². The van der Waals surface area contributed by atoms with Gasteiger partial charge in [0.1, 0.15) is 5.82 Å². The van der Waals surface area contributed by atoms with Crippen molar-refractivity contribution in [3.63, 3.8) is 0 Å². The van der Waals surface area contributed by atoms with Gasteiger partial charge in [0.25, 0.3) is 0 Å². The van der Waals surface area contributed by atoms with E-state index in [0.29, 0.717) is 15.6 Å². The van der Waals surface area contributed by atoms with Crippen LogP contribution < -0.4 is 5.32 Å². The quantitative estimate of drug-likeness (QED) is 0.701. The van der Waals surface area contributed by atoms with Gasteiger partial charge in [-0.05, 0) is 18.6 Å². The molecule has 0 unspecified atom stereocenters. The van der Waals surface area contributed by atoms with Gasteiger partial charge in [-0.2, -0.15) is 0 Å². The standard InChI is InChI=1S/C15H21Cl2FN2.2ClH/c1-2-3-4-13(20-9-7-19-8-10-20)14-12(18)6-5-11(16)15(14)17;;/h5-6,13,19H,2-4,7-10H2,1H3;2*1H/t13-;;/m0../s1. The van der Waals surface area contributed by atoms with E-state index in [1.54, 1.807) is 0 Å². The molecule has 1 atom stereocenters. The molecule has 1 aliphatic heterocycles. The van der Waals surface area contributed by atoms with Crippen molar-refractivity contribution in [2.75, 3.05) is 26.2 Å². The monoisotopic (exact) mass is 390 g/mol. The molecule has 0 aliphatic carbocycles. The Hall–Kier alpha value is 0.230. The fraction of sp³-hybridized carbons (Fsp3) is 0.600. The minimum absolute atomic E-state index is 0. The maximum Gasteiger partial charge on any atom is 0.129 e. The van der Waals surface area contributed by atoms with Crippen LogP contribution in [-0.2, 0) is 0 Å².